The SMILES string of the molecule is CCN1OCC2(CC2)C1O. The molecular formula is C7H13NO2. The van der Waals surface area contributed by atoms with Crippen LogP contribution in [0.4, 0.5) is 0 Å². The zero-order chi connectivity index (χ0) is 7.19. The van der Waals surface area contributed by atoms with Crippen LogP contribution in [0.5, 0.6) is 0 Å². The molecule has 1 spiro atoms. The van der Waals surface area contributed by atoms with Crippen LogP contribution in [0.25, 0.3) is 0 Å². The third-order valence-electron chi connectivity index (χ3n) is 2.54. The van der Waals surface area contributed by atoms with Crippen LogP contribution in [0.1, 0.15) is 19.8 Å². The minimum Gasteiger partial charge on any atom is -0.376 e. The summed E-state index contributed by atoms with van der Waals surface area (Å²) in [5.41, 5.74) is 0.135. The minimum absolute atomic E-state index is 0.135. The Balaban J connectivity index is 2.05. The van der Waals surface area contributed by atoms with Gasteiger partial charge in [0.1, 0.15) is 6.23 Å². The molecule has 1 heterocycles. The Kier molecular flexibility index (Phi) is 1.27. The lowest BCUT2D eigenvalue weighted by Gasteiger charge is -2.17. The van der Waals surface area contributed by atoms with Gasteiger partial charge in [0.25, 0.3) is 0 Å². The molecule has 0 bridgehead atoms. The quantitative estimate of drug-likeness (QED) is 0.575. The first-order valence-corrected chi connectivity index (χ1v) is 3.86. The average molecular weight is 143 g/mol. The summed E-state index contributed by atoms with van der Waals surface area (Å²) in [6.07, 6.45) is 1.92. The molecular weight excluding hydrogens is 130 g/mol. The highest BCUT2D eigenvalue weighted by atomic mass is 16.7. The molecule has 58 valence electrons. The van der Waals surface area contributed by atoms with Crippen molar-refractivity contribution < 1.29 is 9.94 Å². The van der Waals surface area contributed by atoms with Crippen LogP contribution in [0.2, 0.25) is 0 Å². The van der Waals surface area contributed by atoms with E-state index in [0.29, 0.717) is 0 Å². The number of hydrogen-bond acceptors (Lipinski definition) is 3. The van der Waals surface area contributed by atoms with Crippen molar-refractivity contribution in [1.29, 1.82) is 0 Å². The van der Waals surface area contributed by atoms with E-state index in [4.69, 9.17) is 4.84 Å². The first kappa shape index (κ1) is 6.58. The minimum atomic E-state index is -0.336. The number of rotatable bonds is 1. The second kappa shape index (κ2) is 1.94. The molecule has 2 fully saturated rings. The third-order valence-corrected chi connectivity index (χ3v) is 2.54. The molecule has 0 aromatic carbocycles. The van der Waals surface area contributed by atoms with E-state index in [1.54, 1.807) is 5.06 Å². The maximum absolute atomic E-state index is 9.58. The van der Waals surface area contributed by atoms with E-state index in [2.05, 4.69) is 0 Å². The Bertz CT molecular complexity index is 145. The number of hydroxylamine groups is 2. The lowest BCUT2D eigenvalue weighted by atomic mass is 10.1. The van der Waals surface area contributed by atoms with Gasteiger partial charge in [0.05, 0.1) is 6.61 Å². The smallest absolute Gasteiger partial charge is 0.137 e. The van der Waals surface area contributed by atoms with Crippen molar-refractivity contribution in [2.24, 2.45) is 5.41 Å². The molecule has 3 heteroatoms. The van der Waals surface area contributed by atoms with E-state index in [1.165, 1.54) is 0 Å². The van der Waals surface area contributed by atoms with Gasteiger partial charge >= 0.3 is 0 Å². The standard InChI is InChI=1S/C7H13NO2/c1-2-8-6(9)7(3-4-7)5-10-8/h6,9H,2-5H2,1H3. The summed E-state index contributed by atoms with van der Waals surface area (Å²) >= 11 is 0. The second-order valence-corrected chi connectivity index (χ2v) is 3.24. The number of aliphatic hydroxyl groups is 1. The molecule has 10 heavy (non-hydrogen) atoms. The van der Waals surface area contributed by atoms with E-state index in [-0.39, 0.29) is 11.6 Å². The lowest BCUT2D eigenvalue weighted by molar-refractivity contribution is -0.178. The van der Waals surface area contributed by atoms with E-state index >= 15 is 0 Å². The molecule has 1 saturated carbocycles. The molecule has 2 rings (SSSR count). The van der Waals surface area contributed by atoms with Crippen molar-refractivity contribution >= 4 is 0 Å². The zero-order valence-electron chi connectivity index (χ0n) is 6.21. The lowest BCUT2D eigenvalue weighted by Crippen LogP contribution is -2.32. The van der Waals surface area contributed by atoms with Gasteiger partial charge in [0, 0.05) is 12.0 Å². The Labute approximate surface area is 60.5 Å². The molecule has 0 radical (unpaired) electrons. The molecule has 3 nitrogen and oxygen atoms in total. The van der Waals surface area contributed by atoms with E-state index in [9.17, 15) is 5.11 Å². The highest BCUT2D eigenvalue weighted by Crippen LogP contribution is 2.53. The molecule has 1 aliphatic carbocycles. The third kappa shape index (κ3) is 0.713. The van der Waals surface area contributed by atoms with Crippen molar-refractivity contribution in [3.8, 4) is 0 Å². The molecule has 0 aromatic rings. The first-order valence-electron chi connectivity index (χ1n) is 3.86. The maximum Gasteiger partial charge on any atom is 0.137 e. The van der Waals surface area contributed by atoms with E-state index in [1.807, 2.05) is 6.92 Å². The van der Waals surface area contributed by atoms with Crippen LogP contribution in [0, 0.1) is 5.41 Å². The summed E-state index contributed by atoms with van der Waals surface area (Å²) in [6.45, 7) is 3.50. The Morgan fingerprint density at radius 1 is 1.70 bits per heavy atom. The fraction of sp³-hybridized carbons (Fsp3) is 1.00. The second-order valence-electron chi connectivity index (χ2n) is 3.24. The molecule has 0 aromatic heterocycles. The van der Waals surface area contributed by atoms with Crippen LogP contribution in [0.3, 0.4) is 0 Å². The summed E-state index contributed by atoms with van der Waals surface area (Å²) in [5, 5.41) is 11.3. The first-order chi connectivity index (χ1) is 4.78. The monoisotopic (exact) mass is 143 g/mol. The molecule has 1 atom stereocenters. The van der Waals surface area contributed by atoms with Crippen LogP contribution in [-0.2, 0) is 4.84 Å². The Morgan fingerprint density at radius 2 is 2.40 bits per heavy atom. The fourth-order valence-corrected chi connectivity index (χ4v) is 1.49. The van der Waals surface area contributed by atoms with Gasteiger partial charge < -0.3 is 5.11 Å². The van der Waals surface area contributed by atoms with Crippen molar-refractivity contribution in [3.63, 3.8) is 0 Å². The predicted molar refractivity (Wildman–Crippen MR) is 36.0 cm³/mol. The molecule has 1 N–H and O–H groups in total. The van der Waals surface area contributed by atoms with Gasteiger partial charge in [0.15, 0.2) is 0 Å². The van der Waals surface area contributed by atoms with Crippen molar-refractivity contribution in [2.45, 2.75) is 26.0 Å². The topological polar surface area (TPSA) is 32.7 Å². The largest absolute Gasteiger partial charge is 0.376 e. The van der Waals surface area contributed by atoms with Gasteiger partial charge in [-0.05, 0) is 19.8 Å². The van der Waals surface area contributed by atoms with Crippen molar-refractivity contribution in [2.75, 3.05) is 13.2 Å². The summed E-state index contributed by atoms with van der Waals surface area (Å²) in [4.78, 5) is 5.28. The Morgan fingerprint density at radius 3 is 2.70 bits per heavy atom. The van der Waals surface area contributed by atoms with Crippen LogP contribution >= 0.6 is 0 Å². The summed E-state index contributed by atoms with van der Waals surface area (Å²) in [7, 11) is 0. The highest BCUT2D eigenvalue weighted by molar-refractivity contribution is 4.99. The van der Waals surface area contributed by atoms with Crippen LogP contribution in [0.15, 0.2) is 0 Å². The van der Waals surface area contributed by atoms with E-state index < -0.39 is 0 Å². The van der Waals surface area contributed by atoms with Gasteiger partial charge in [-0.1, -0.05) is 0 Å². The number of hydrogen-bond donors (Lipinski definition) is 1. The number of aliphatic hydroxyl groups excluding tert-OH is 1. The summed E-state index contributed by atoms with van der Waals surface area (Å²) < 4.78 is 0. The molecule has 0 amide bonds. The van der Waals surface area contributed by atoms with Crippen LogP contribution in [-0.4, -0.2) is 29.5 Å². The summed E-state index contributed by atoms with van der Waals surface area (Å²) in [5.74, 6) is 0. The van der Waals surface area contributed by atoms with Gasteiger partial charge in [0.2, 0.25) is 0 Å². The molecule has 1 unspecified atom stereocenters. The van der Waals surface area contributed by atoms with Crippen molar-refractivity contribution in [1.82, 2.24) is 5.06 Å². The molecule has 1 saturated heterocycles. The van der Waals surface area contributed by atoms with Gasteiger partial charge in [-0.3, -0.25) is 4.84 Å². The maximum atomic E-state index is 9.58. The predicted octanol–water partition coefficient (Wildman–Crippen LogP) is 0.352. The Hall–Kier alpha value is -0.120. The summed E-state index contributed by atoms with van der Waals surface area (Å²) in [6, 6.07) is 0. The van der Waals surface area contributed by atoms with E-state index in [0.717, 1.165) is 26.0 Å². The zero-order valence-corrected chi connectivity index (χ0v) is 6.21. The van der Waals surface area contributed by atoms with Gasteiger partial charge in [-0.15, -0.1) is 0 Å². The van der Waals surface area contributed by atoms with Gasteiger partial charge in [-0.2, -0.15) is 5.06 Å². The van der Waals surface area contributed by atoms with Crippen LogP contribution < -0.4 is 0 Å². The molecule has 2 aliphatic rings. The number of nitrogens with zero attached hydrogens (tertiary/aromatic N) is 1. The molecule has 1 aliphatic heterocycles. The van der Waals surface area contributed by atoms with Gasteiger partial charge in [-0.25, -0.2) is 0 Å². The van der Waals surface area contributed by atoms with Crippen molar-refractivity contribution in [3.05, 3.63) is 0 Å². The average Bonchev–Trinajstić information content (AvgIpc) is 2.63. The highest BCUT2D eigenvalue weighted by Gasteiger charge is 2.56. The normalized spacial score (nSPS) is 37.2. The fourth-order valence-electron chi connectivity index (χ4n) is 1.49.